The first-order chi connectivity index (χ1) is 14.2. The average Bonchev–Trinajstić information content (AvgIpc) is 3.04. The van der Waals surface area contributed by atoms with E-state index in [4.69, 9.17) is 4.74 Å². The van der Waals surface area contributed by atoms with E-state index in [0.717, 1.165) is 16.0 Å². The van der Waals surface area contributed by atoms with E-state index in [1.54, 1.807) is 11.8 Å². The van der Waals surface area contributed by atoms with Gasteiger partial charge in [0, 0.05) is 4.90 Å². The molecule has 148 valence electrons. The van der Waals surface area contributed by atoms with Crippen molar-refractivity contribution >= 4 is 17.5 Å². The maximum Gasteiger partial charge on any atom is 0.183 e. The summed E-state index contributed by atoms with van der Waals surface area (Å²) in [6.45, 7) is 4.15. The summed E-state index contributed by atoms with van der Waals surface area (Å²) in [5, 5.41) is 0. The molecule has 1 aliphatic heterocycles. The number of carbonyl (C=O) groups is 1. The van der Waals surface area contributed by atoms with Gasteiger partial charge in [-0.3, -0.25) is 4.79 Å². The fraction of sp³-hybridized carbons (Fsp3) is 0.269. The largest absolute Gasteiger partial charge is 0.347 e. The van der Waals surface area contributed by atoms with E-state index in [9.17, 15) is 4.79 Å². The first-order valence-corrected chi connectivity index (χ1v) is 11.1. The summed E-state index contributed by atoms with van der Waals surface area (Å²) >= 11 is 1.65. The Morgan fingerprint density at radius 3 is 1.79 bits per heavy atom. The third-order valence-electron chi connectivity index (χ3n) is 6.05. The lowest BCUT2D eigenvalue weighted by molar-refractivity contribution is -0.135. The Morgan fingerprint density at radius 2 is 1.28 bits per heavy atom. The van der Waals surface area contributed by atoms with Crippen LogP contribution in [0.25, 0.3) is 0 Å². The van der Waals surface area contributed by atoms with E-state index in [-0.39, 0.29) is 11.2 Å². The molecular formula is C26H26O2S. The second-order valence-corrected chi connectivity index (χ2v) is 8.58. The van der Waals surface area contributed by atoms with Crippen molar-refractivity contribution in [3.05, 3.63) is 102 Å². The van der Waals surface area contributed by atoms with Crippen LogP contribution < -0.4 is 0 Å². The second-order valence-electron chi connectivity index (χ2n) is 7.45. The van der Waals surface area contributed by atoms with Crippen LogP contribution in [-0.2, 0) is 20.5 Å². The van der Waals surface area contributed by atoms with Gasteiger partial charge in [0.15, 0.2) is 11.4 Å². The molecule has 1 fully saturated rings. The van der Waals surface area contributed by atoms with Crippen LogP contribution in [0.2, 0.25) is 0 Å². The van der Waals surface area contributed by atoms with Gasteiger partial charge in [0.2, 0.25) is 0 Å². The molecule has 0 saturated carbocycles. The van der Waals surface area contributed by atoms with Crippen LogP contribution >= 0.6 is 11.8 Å². The Labute approximate surface area is 177 Å². The van der Waals surface area contributed by atoms with Crippen molar-refractivity contribution in [3.63, 3.8) is 0 Å². The molecule has 2 nitrogen and oxygen atoms in total. The minimum atomic E-state index is -0.931. The van der Waals surface area contributed by atoms with Crippen molar-refractivity contribution in [2.45, 2.75) is 48.0 Å². The highest BCUT2D eigenvalue weighted by Gasteiger charge is 2.63. The van der Waals surface area contributed by atoms with Crippen LogP contribution in [0.1, 0.15) is 37.8 Å². The van der Waals surface area contributed by atoms with Crippen LogP contribution in [0.15, 0.2) is 95.9 Å². The summed E-state index contributed by atoms with van der Waals surface area (Å²) in [7, 11) is 0. The van der Waals surface area contributed by atoms with Crippen LogP contribution in [0, 0.1) is 0 Å². The monoisotopic (exact) mass is 402 g/mol. The van der Waals surface area contributed by atoms with Crippen molar-refractivity contribution < 1.29 is 9.53 Å². The zero-order chi connectivity index (χ0) is 20.3. The van der Waals surface area contributed by atoms with Gasteiger partial charge >= 0.3 is 0 Å². The fourth-order valence-corrected chi connectivity index (χ4v) is 5.82. The Bertz CT molecular complexity index is 958. The summed E-state index contributed by atoms with van der Waals surface area (Å²) in [5.74, 6) is 0.167. The number of rotatable bonds is 6. The molecule has 0 N–H and O–H groups in total. The highest BCUT2D eigenvalue weighted by Crippen LogP contribution is 2.55. The fourth-order valence-electron chi connectivity index (χ4n) is 4.44. The minimum absolute atomic E-state index is 0.167. The van der Waals surface area contributed by atoms with Gasteiger partial charge in [0.1, 0.15) is 5.44 Å². The molecule has 0 spiro atoms. The normalized spacial score (nSPS) is 26.6. The molecule has 1 aliphatic rings. The Hall–Kier alpha value is -2.36. The number of Topliss-reactive ketones (excluding diaryl/α,β-unsaturated/α-hetero) is 1. The number of thioether (sulfide) groups is 1. The van der Waals surface area contributed by atoms with Crippen molar-refractivity contribution in [3.8, 4) is 0 Å². The minimum Gasteiger partial charge on any atom is -0.347 e. The summed E-state index contributed by atoms with van der Waals surface area (Å²) in [6, 6.07) is 30.4. The molecule has 0 aliphatic carbocycles. The average molecular weight is 403 g/mol. The number of benzene rings is 3. The van der Waals surface area contributed by atoms with Gasteiger partial charge < -0.3 is 4.74 Å². The number of hydrogen-bond acceptors (Lipinski definition) is 3. The van der Waals surface area contributed by atoms with Gasteiger partial charge in [-0.15, -0.1) is 0 Å². The highest BCUT2D eigenvalue weighted by molar-refractivity contribution is 8.00. The molecule has 3 aromatic carbocycles. The lowest BCUT2D eigenvalue weighted by Crippen LogP contribution is -2.43. The van der Waals surface area contributed by atoms with Crippen molar-refractivity contribution in [1.29, 1.82) is 0 Å². The molecule has 1 heterocycles. The molecule has 3 atom stereocenters. The Morgan fingerprint density at radius 1 is 0.759 bits per heavy atom. The van der Waals surface area contributed by atoms with Gasteiger partial charge in [0.25, 0.3) is 0 Å². The topological polar surface area (TPSA) is 26.3 Å². The van der Waals surface area contributed by atoms with E-state index in [2.05, 4.69) is 31.2 Å². The molecule has 29 heavy (non-hydrogen) atoms. The van der Waals surface area contributed by atoms with E-state index in [1.165, 1.54) is 0 Å². The number of ether oxygens (including phenoxy) is 1. The quantitative estimate of drug-likeness (QED) is 0.480. The molecule has 0 bridgehead atoms. The SMILES string of the molecule is CC[C@@]1(c2ccccc2)C(=O)[C@](CC)(c2ccccc2)O[C@H]1Sc1ccccc1. The smallest absolute Gasteiger partial charge is 0.183 e. The third-order valence-corrected chi connectivity index (χ3v) is 7.31. The Kier molecular flexibility index (Phi) is 5.62. The number of ketones is 1. The zero-order valence-corrected chi connectivity index (χ0v) is 17.7. The van der Waals surface area contributed by atoms with Crippen molar-refractivity contribution in [1.82, 2.24) is 0 Å². The summed E-state index contributed by atoms with van der Waals surface area (Å²) in [6.07, 6.45) is 1.30. The number of carbonyl (C=O) groups excluding carboxylic acids is 1. The van der Waals surface area contributed by atoms with Crippen LogP contribution in [-0.4, -0.2) is 11.2 Å². The summed E-state index contributed by atoms with van der Waals surface area (Å²) in [5.41, 5.74) is 0.0438. The maximum absolute atomic E-state index is 14.3. The van der Waals surface area contributed by atoms with Crippen molar-refractivity contribution in [2.75, 3.05) is 0 Å². The first kappa shape index (κ1) is 19.9. The van der Waals surface area contributed by atoms with E-state index in [0.29, 0.717) is 12.8 Å². The van der Waals surface area contributed by atoms with Gasteiger partial charge in [-0.25, -0.2) is 0 Å². The van der Waals surface area contributed by atoms with E-state index in [1.807, 2.05) is 73.7 Å². The summed E-state index contributed by atoms with van der Waals surface area (Å²) < 4.78 is 6.78. The molecule has 3 aromatic rings. The molecule has 0 amide bonds. The van der Waals surface area contributed by atoms with Gasteiger partial charge in [-0.05, 0) is 36.1 Å². The molecule has 3 heteroatoms. The number of hydrogen-bond donors (Lipinski definition) is 0. The van der Waals surface area contributed by atoms with Gasteiger partial charge in [-0.1, -0.05) is 104 Å². The van der Waals surface area contributed by atoms with E-state index >= 15 is 0 Å². The highest BCUT2D eigenvalue weighted by atomic mass is 32.2. The summed E-state index contributed by atoms with van der Waals surface area (Å²) in [4.78, 5) is 15.4. The molecule has 0 unspecified atom stereocenters. The maximum atomic E-state index is 14.3. The standard InChI is InChI=1S/C26H26O2S/c1-3-25(20-14-8-5-9-15-20)23(27)26(4-2,21-16-10-6-11-17-21)28-24(25)29-22-18-12-7-13-19-22/h5-19,24H,3-4H2,1-2H3/t24-,25+,26-/m0/s1. The Balaban J connectivity index is 1.88. The van der Waals surface area contributed by atoms with Crippen LogP contribution in [0.4, 0.5) is 0 Å². The van der Waals surface area contributed by atoms with Crippen molar-refractivity contribution in [2.24, 2.45) is 0 Å². The zero-order valence-electron chi connectivity index (χ0n) is 16.9. The van der Waals surface area contributed by atoms with Gasteiger partial charge in [0.05, 0.1) is 5.41 Å². The van der Waals surface area contributed by atoms with Gasteiger partial charge in [-0.2, -0.15) is 0 Å². The first-order valence-electron chi connectivity index (χ1n) is 10.2. The predicted octanol–water partition coefficient (Wildman–Crippen LogP) is 6.36. The second kappa shape index (κ2) is 8.17. The molecule has 1 saturated heterocycles. The molecule has 0 radical (unpaired) electrons. The third kappa shape index (κ3) is 3.23. The lowest BCUT2D eigenvalue weighted by atomic mass is 9.70. The van der Waals surface area contributed by atoms with E-state index < -0.39 is 11.0 Å². The molecule has 4 rings (SSSR count). The molecular weight excluding hydrogens is 376 g/mol. The lowest BCUT2D eigenvalue weighted by Gasteiger charge is -2.32. The predicted molar refractivity (Wildman–Crippen MR) is 119 cm³/mol. The van der Waals surface area contributed by atoms with Crippen LogP contribution in [0.3, 0.4) is 0 Å². The van der Waals surface area contributed by atoms with Crippen LogP contribution in [0.5, 0.6) is 0 Å². The molecule has 0 aromatic heterocycles.